The second-order valence-electron chi connectivity index (χ2n) is 3.06. The predicted molar refractivity (Wildman–Crippen MR) is 56.7 cm³/mol. The van der Waals surface area contributed by atoms with Crippen LogP contribution in [0.25, 0.3) is 0 Å². The molecule has 2 rings (SSSR count). The van der Waals surface area contributed by atoms with Crippen molar-refractivity contribution < 1.29 is 0 Å². The summed E-state index contributed by atoms with van der Waals surface area (Å²) in [6.45, 7) is 0. The number of rotatable bonds is 1. The SMILES string of the molecule is Cl.NC1C[C@H]1c1cccc(Br)c1. The van der Waals surface area contributed by atoms with Crippen molar-refractivity contribution in [3.8, 4) is 0 Å². The molecule has 1 saturated carbocycles. The monoisotopic (exact) mass is 247 g/mol. The van der Waals surface area contributed by atoms with Crippen LogP contribution < -0.4 is 5.73 Å². The van der Waals surface area contributed by atoms with Crippen molar-refractivity contribution in [2.75, 3.05) is 0 Å². The van der Waals surface area contributed by atoms with Gasteiger partial charge in [-0.25, -0.2) is 0 Å². The van der Waals surface area contributed by atoms with Crippen LogP contribution >= 0.6 is 28.3 Å². The van der Waals surface area contributed by atoms with Crippen LogP contribution in [0.15, 0.2) is 28.7 Å². The van der Waals surface area contributed by atoms with Crippen LogP contribution in [0.4, 0.5) is 0 Å². The summed E-state index contributed by atoms with van der Waals surface area (Å²) in [5.41, 5.74) is 7.10. The predicted octanol–water partition coefficient (Wildman–Crippen LogP) is 2.69. The maximum atomic E-state index is 5.73. The van der Waals surface area contributed by atoms with Gasteiger partial charge in [0.1, 0.15) is 0 Å². The Kier molecular flexibility index (Phi) is 3.16. The number of hydrogen-bond donors (Lipinski definition) is 1. The molecular formula is C9H11BrClN. The Morgan fingerprint density at radius 2 is 2.08 bits per heavy atom. The van der Waals surface area contributed by atoms with Crippen molar-refractivity contribution in [2.24, 2.45) is 5.73 Å². The standard InChI is InChI=1S/C9H10BrN.ClH/c10-7-3-1-2-6(4-7)8-5-9(8)11;/h1-4,8-9H,5,11H2;1H/t8-,9?;/m0./s1. The number of nitrogens with two attached hydrogens (primary N) is 1. The molecule has 66 valence electrons. The summed E-state index contributed by atoms with van der Waals surface area (Å²) < 4.78 is 1.15. The van der Waals surface area contributed by atoms with Crippen LogP contribution in [-0.4, -0.2) is 6.04 Å². The first-order chi connectivity index (χ1) is 5.27. The van der Waals surface area contributed by atoms with Crippen LogP contribution in [0.3, 0.4) is 0 Å². The van der Waals surface area contributed by atoms with Gasteiger partial charge in [0, 0.05) is 16.4 Å². The summed E-state index contributed by atoms with van der Waals surface area (Å²) in [5, 5.41) is 0. The van der Waals surface area contributed by atoms with Crippen molar-refractivity contribution >= 4 is 28.3 Å². The average Bonchev–Trinajstić information content (AvgIpc) is 2.67. The van der Waals surface area contributed by atoms with E-state index in [1.165, 1.54) is 5.56 Å². The minimum absolute atomic E-state index is 0. The zero-order valence-electron chi connectivity index (χ0n) is 6.53. The fourth-order valence-electron chi connectivity index (χ4n) is 1.34. The van der Waals surface area contributed by atoms with E-state index in [2.05, 4.69) is 34.1 Å². The molecule has 0 saturated heterocycles. The van der Waals surface area contributed by atoms with E-state index in [-0.39, 0.29) is 12.4 Å². The van der Waals surface area contributed by atoms with Gasteiger partial charge in [0.15, 0.2) is 0 Å². The number of hydrogen-bond acceptors (Lipinski definition) is 1. The molecule has 2 N–H and O–H groups in total. The number of benzene rings is 1. The molecule has 0 aliphatic heterocycles. The van der Waals surface area contributed by atoms with Gasteiger partial charge in [0.05, 0.1) is 0 Å². The maximum absolute atomic E-state index is 5.73. The third kappa shape index (κ3) is 2.00. The van der Waals surface area contributed by atoms with Crippen LogP contribution in [0.5, 0.6) is 0 Å². The van der Waals surface area contributed by atoms with Gasteiger partial charge in [-0.3, -0.25) is 0 Å². The van der Waals surface area contributed by atoms with Crippen molar-refractivity contribution in [1.82, 2.24) is 0 Å². The van der Waals surface area contributed by atoms with Gasteiger partial charge in [-0.15, -0.1) is 12.4 Å². The molecule has 1 aliphatic rings. The molecule has 0 radical (unpaired) electrons. The highest BCUT2D eigenvalue weighted by atomic mass is 79.9. The molecule has 1 nitrogen and oxygen atoms in total. The van der Waals surface area contributed by atoms with Crippen molar-refractivity contribution in [3.63, 3.8) is 0 Å². The second kappa shape index (κ2) is 3.77. The minimum Gasteiger partial charge on any atom is -0.327 e. The van der Waals surface area contributed by atoms with Gasteiger partial charge in [-0.05, 0) is 24.1 Å². The fourth-order valence-corrected chi connectivity index (χ4v) is 1.75. The molecule has 1 unspecified atom stereocenters. The van der Waals surface area contributed by atoms with Gasteiger partial charge in [0.25, 0.3) is 0 Å². The Morgan fingerprint density at radius 1 is 1.42 bits per heavy atom. The average molecular weight is 249 g/mol. The van der Waals surface area contributed by atoms with E-state index in [1.807, 2.05) is 6.07 Å². The second-order valence-corrected chi connectivity index (χ2v) is 3.98. The van der Waals surface area contributed by atoms with E-state index >= 15 is 0 Å². The zero-order chi connectivity index (χ0) is 7.84. The normalized spacial score (nSPS) is 26.2. The lowest BCUT2D eigenvalue weighted by Gasteiger charge is -1.97. The zero-order valence-corrected chi connectivity index (χ0v) is 8.94. The van der Waals surface area contributed by atoms with Gasteiger partial charge in [-0.2, -0.15) is 0 Å². The Hall–Kier alpha value is -0.0500. The molecule has 0 spiro atoms. The Bertz CT molecular complexity index is 277. The highest BCUT2D eigenvalue weighted by Gasteiger charge is 2.34. The van der Waals surface area contributed by atoms with Gasteiger partial charge < -0.3 is 5.73 Å². The molecule has 12 heavy (non-hydrogen) atoms. The topological polar surface area (TPSA) is 26.0 Å². The lowest BCUT2D eigenvalue weighted by atomic mass is 10.1. The maximum Gasteiger partial charge on any atom is 0.0178 e. The smallest absolute Gasteiger partial charge is 0.0178 e. The molecule has 2 atom stereocenters. The summed E-state index contributed by atoms with van der Waals surface area (Å²) in [5.74, 6) is 0.618. The van der Waals surface area contributed by atoms with E-state index in [9.17, 15) is 0 Å². The highest BCUT2D eigenvalue weighted by Crippen LogP contribution is 2.39. The van der Waals surface area contributed by atoms with Crippen LogP contribution in [0.1, 0.15) is 17.9 Å². The van der Waals surface area contributed by atoms with Crippen LogP contribution in [0.2, 0.25) is 0 Å². The first-order valence-corrected chi connectivity index (χ1v) is 4.58. The Labute approximate surface area is 86.9 Å². The molecule has 0 heterocycles. The lowest BCUT2D eigenvalue weighted by Crippen LogP contribution is -2.00. The van der Waals surface area contributed by atoms with E-state index in [0.717, 1.165) is 10.9 Å². The van der Waals surface area contributed by atoms with E-state index in [4.69, 9.17) is 5.73 Å². The van der Waals surface area contributed by atoms with Crippen LogP contribution in [-0.2, 0) is 0 Å². The van der Waals surface area contributed by atoms with E-state index in [0.29, 0.717) is 12.0 Å². The third-order valence-electron chi connectivity index (χ3n) is 2.12. The van der Waals surface area contributed by atoms with Gasteiger partial charge in [-0.1, -0.05) is 28.1 Å². The Morgan fingerprint density at radius 3 is 2.58 bits per heavy atom. The molecule has 1 aromatic rings. The molecular weight excluding hydrogens is 237 g/mol. The molecule has 0 bridgehead atoms. The fraction of sp³-hybridized carbons (Fsp3) is 0.333. The summed E-state index contributed by atoms with van der Waals surface area (Å²) in [4.78, 5) is 0. The third-order valence-corrected chi connectivity index (χ3v) is 2.61. The minimum atomic E-state index is 0. The highest BCUT2D eigenvalue weighted by molar-refractivity contribution is 9.10. The first-order valence-electron chi connectivity index (χ1n) is 3.78. The quantitative estimate of drug-likeness (QED) is 0.812. The first kappa shape index (κ1) is 10.0. The summed E-state index contributed by atoms with van der Waals surface area (Å²) in [7, 11) is 0. The molecule has 3 heteroatoms. The van der Waals surface area contributed by atoms with Gasteiger partial charge >= 0.3 is 0 Å². The van der Waals surface area contributed by atoms with E-state index < -0.39 is 0 Å². The molecule has 1 fully saturated rings. The summed E-state index contributed by atoms with van der Waals surface area (Å²) in [6, 6.07) is 8.80. The largest absolute Gasteiger partial charge is 0.327 e. The molecule has 1 aromatic carbocycles. The van der Waals surface area contributed by atoms with Crippen molar-refractivity contribution in [3.05, 3.63) is 34.3 Å². The molecule has 1 aliphatic carbocycles. The van der Waals surface area contributed by atoms with E-state index in [1.54, 1.807) is 0 Å². The Balaban J connectivity index is 0.000000720. The molecule has 0 aromatic heterocycles. The van der Waals surface area contributed by atoms with Crippen molar-refractivity contribution in [2.45, 2.75) is 18.4 Å². The lowest BCUT2D eigenvalue weighted by molar-refractivity contribution is 0.989. The van der Waals surface area contributed by atoms with Gasteiger partial charge in [0.2, 0.25) is 0 Å². The summed E-state index contributed by atoms with van der Waals surface area (Å²) >= 11 is 3.44. The van der Waals surface area contributed by atoms with Crippen molar-refractivity contribution in [1.29, 1.82) is 0 Å². The summed E-state index contributed by atoms with van der Waals surface area (Å²) in [6.07, 6.45) is 1.15. The number of halogens is 2. The molecule has 0 amide bonds. The van der Waals surface area contributed by atoms with Crippen LogP contribution in [0, 0.1) is 0 Å².